The first kappa shape index (κ1) is 29.4. The maximum Gasteiger partial charge on any atom is 0.389 e. The molecule has 0 amide bonds. The number of alkyl halides is 3. The summed E-state index contributed by atoms with van der Waals surface area (Å²) in [6.07, 6.45) is 0.491. The minimum Gasteiger partial charge on any atom is -0.378 e. The molecular weight excluding hydrogens is 487 g/mol. The summed E-state index contributed by atoms with van der Waals surface area (Å²) in [5.74, 6) is 1.36. The van der Waals surface area contributed by atoms with Crippen molar-refractivity contribution >= 4 is 23.8 Å². The van der Waals surface area contributed by atoms with Crippen LogP contribution in [0.25, 0.3) is 0 Å². The van der Waals surface area contributed by atoms with E-state index in [-0.39, 0.29) is 18.8 Å². The van der Waals surface area contributed by atoms with Crippen molar-refractivity contribution in [3.05, 3.63) is 23.8 Å². The molecule has 2 aliphatic heterocycles. The lowest BCUT2D eigenvalue weighted by atomic mass is 9.68. The number of piperazine rings is 1. The predicted molar refractivity (Wildman–Crippen MR) is 145 cm³/mol. The monoisotopic (exact) mass is 531 g/mol. The first-order chi connectivity index (χ1) is 16.6. The molecule has 2 saturated heterocycles. The fourth-order valence-corrected chi connectivity index (χ4v) is 6.16. The van der Waals surface area contributed by atoms with Crippen molar-refractivity contribution in [1.29, 1.82) is 0 Å². The quantitative estimate of drug-likeness (QED) is 0.405. The normalized spacial score (nSPS) is 24.5. The second kappa shape index (κ2) is 12.6. The molecule has 0 spiro atoms. The lowest BCUT2D eigenvalue weighted by molar-refractivity contribution is -0.136. The molecule has 0 bridgehead atoms. The molecule has 206 valence electrons. The molecule has 3 fully saturated rings. The Balaban J connectivity index is 0.00000361. The molecule has 0 unspecified atom stereocenters. The van der Waals surface area contributed by atoms with E-state index in [0.29, 0.717) is 17.9 Å². The molecule has 0 atom stereocenters. The van der Waals surface area contributed by atoms with Crippen LogP contribution in [0, 0.1) is 11.3 Å². The summed E-state index contributed by atoms with van der Waals surface area (Å²) in [5.41, 5.74) is 4.49. The molecule has 8 heteroatoms. The summed E-state index contributed by atoms with van der Waals surface area (Å²) >= 11 is 0. The van der Waals surface area contributed by atoms with Crippen LogP contribution < -0.4 is 9.80 Å². The topological polar surface area (TPSA) is 19.0 Å². The molecule has 1 aromatic rings. The van der Waals surface area contributed by atoms with E-state index in [0.717, 1.165) is 58.4 Å². The maximum absolute atomic E-state index is 12.5. The number of morpholine rings is 1. The van der Waals surface area contributed by atoms with Gasteiger partial charge in [-0.05, 0) is 79.7 Å². The van der Waals surface area contributed by atoms with Crippen LogP contribution in [-0.4, -0.2) is 70.1 Å². The highest BCUT2D eigenvalue weighted by atomic mass is 35.5. The molecule has 0 radical (unpaired) electrons. The van der Waals surface area contributed by atoms with E-state index in [1.54, 1.807) is 0 Å². The zero-order valence-electron chi connectivity index (χ0n) is 22.3. The number of rotatable bonds is 6. The Morgan fingerprint density at radius 3 is 2.08 bits per heavy atom. The number of halogens is 4. The van der Waals surface area contributed by atoms with Crippen LogP contribution in [0.15, 0.2) is 18.2 Å². The number of nitrogens with zero attached hydrogens (tertiary/aromatic N) is 3. The lowest BCUT2D eigenvalue weighted by Gasteiger charge is -2.41. The van der Waals surface area contributed by atoms with Crippen molar-refractivity contribution in [1.82, 2.24) is 4.90 Å². The average molecular weight is 532 g/mol. The molecule has 1 aliphatic carbocycles. The van der Waals surface area contributed by atoms with E-state index in [1.807, 2.05) is 0 Å². The van der Waals surface area contributed by atoms with Gasteiger partial charge in [-0.25, -0.2) is 0 Å². The largest absolute Gasteiger partial charge is 0.389 e. The van der Waals surface area contributed by atoms with Crippen molar-refractivity contribution in [2.45, 2.75) is 71.4 Å². The Labute approximate surface area is 221 Å². The van der Waals surface area contributed by atoms with Crippen molar-refractivity contribution in [2.24, 2.45) is 11.3 Å². The fourth-order valence-electron chi connectivity index (χ4n) is 6.16. The van der Waals surface area contributed by atoms with Crippen LogP contribution in [0.3, 0.4) is 0 Å². The van der Waals surface area contributed by atoms with Crippen LogP contribution in [0.4, 0.5) is 24.5 Å². The predicted octanol–water partition coefficient (Wildman–Crippen LogP) is 6.73. The van der Waals surface area contributed by atoms with Gasteiger partial charge in [-0.2, -0.15) is 13.2 Å². The van der Waals surface area contributed by atoms with Crippen molar-refractivity contribution in [3.8, 4) is 0 Å². The smallest absolute Gasteiger partial charge is 0.378 e. The molecule has 3 aliphatic rings. The van der Waals surface area contributed by atoms with Gasteiger partial charge in [-0.1, -0.05) is 20.8 Å². The molecule has 36 heavy (non-hydrogen) atoms. The summed E-state index contributed by atoms with van der Waals surface area (Å²) in [6, 6.07) is 7.02. The van der Waals surface area contributed by atoms with Gasteiger partial charge in [-0.3, -0.25) is 4.90 Å². The second-order valence-corrected chi connectivity index (χ2v) is 11.8. The lowest BCUT2D eigenvalue weighted by Crippen LogP contribution is -2.47. The van der Waals surface area contributed by atoms with E-state index >= 15 is 0 Å². The number of ether oxygens (including phenoxy) is 1. The van der Waals surface area contributed by atoms with Gasteiger partial charge >= 0.3 is 6.18 Å². The zero-order chi connectivity index (χ0) is 25.1. The van der Waals surface area contributed by atoms with Gasteiger partial charge in [0.25, 0.3) is 0 Å². The number of benzene rings is 1. The van der Waals surface area contributed by atoms with E-state index in [1.165, 1.54) is 42.6 Å². The van der Waals surface area contributed by atoms with Crippen LogP contribution in [0.2, 0.25) is 0 Å². The van der Waals surface area contributed by atoms with Crippen LogP contribution in [-0.2, 0) is 4.74 Å². The van der Waals surface area contributed by atoms with Crippen LogP contribution in [0.5, 0.6) is 0 Å². The van der Waals surface area contributed by atoms with Gasteiger partial charge in [0.15, 0.2) is 0 Å². The molecular formula is C28H45ClF3N3O. The molecule has 4 rings (SSSR count). The van der Waals surface area contributed by atoms with E-state index in [2.05, 4.69) is 53.7 Å². The minimum atomic E-state index is -4.05. The minimum absolute atomic E-state index is 0. The molecule has 0 aromatic heterocycles. The van der Waals surface area contributed by atoms with E-state index in [4.69, 9.17) is 4.74 Å². The fraction of sp³-hybridized carbons (Fsp3) is 0.786. The summed E-state index contributed by atoms with van der Waals surface area (Å²) in [4.78, 5) is 7.11. The Kier molecular flexibility index (Phi) is 10.3. The van der Waals surface area contributed by atoms with Gasteiger partial charge in [0.2, 0.25) is 0 Å². The SMILES string of the molecule is CC(C)(C)C1CCC(c2cc(N3CCOCC3)ccc2N2CCN(CCCC(F)(F)F)CC2)CC1.Cl. The third-order valence-electron chi connectivity index (χ3n) is 8.43. The molecule has 2 heterocycles. The third kappa shape index (κ3) is 7.91. The highest BCUT2D eigenvalue weighted by Gasteiger charge is 2.32. The van der Waals surface area contributed by atoms with Gasteiger partial charge in [0.1, 0.15) is 0 Å². The van der Waals surface area contributed by atoms with E-state index in [9.17, 15) is 13.2 Å². The van der Waals surface area contributed by atoms with Gasteiger partial charge in [-0.15, -0.1) is 12.4 Å². The first-order valence-electron chi connectivity index (χ1n) is 13.6. The average Bonchev–Trinajstić information content (AvgIpc) is 2.83. The van der Waals surface area contributed by atoms with Gasteiger partial charge < -0.3 is 14.5 Å². The summed E-state index contributed by atoms with van der Waals surface area (Å²) in [5, 5.41) is 0. The van der Waals surface area contributed by atoms with Crippen LogP contribution in [0.1, 0.15) is 70.8 Å². The summed E-state index contributed by atoms with van der Waals surface area (Å²) < 4.78 is 43.2. The maximum atomic E-state index is 12.5. The number of hydrogen-bond acceptors (Lipinski definition) is 4. The van der Waals surface area contributed by atoms with Gasteiger partial charge in [0, 0.05) is 57.1 Å². The third-order valence-corrected chi connectivity index (χ3v) is 8.43. The zero-order valence-corrected chi connectivity index (χ0v) is 23.1. The standard InChI is InChI=1S/C28H44F3N3O.ClH/c1-27(2,3)23-7-5-22(6-8-23)25-21-24(33-17-19-35-20-18-33)9-10-26(25)34-15-13-32(14-16-34)12-4-11-28(29,30)31;/h9-10,21-23H,4-8,11-20H2,1-3H3;1H. The number of anilines is 2. The molecule has 1 saturated carbocycles. The van der Waals surface area contributed by atoms with Crippen molar-refractivity contribution in [2.75, 3.05) is 68.8 Å². The van der Waals surface area contributed by atoms with E-state index < -0.39 is 12.6 Å². The van der Waals surface area contributed by atoms with Crippen LogP contribution >= 0.6 is 12.4 Å². The number of hydrogen-bond donors (Lipinski definition) is 0. The highest BCUT2D eigenvalue weighted by Crippen LogP contribution is 2.46. The summed E-state index contributed by atoms with van der Waals surface area (Å²) in [7, 11) is 0. The van der Waals surface area contributed by atoms with Gasteiger partial charge in [0.05, 0.1) is 13.2 Å². The Morgan fingerprint density at radius 2 is 1.50 bits per heavy atom. The molecule has 1 aromatic carbocycles. The molecule has 0 N–H and O–H groups in total. The Hall–Kier alpha value is -1.18. The summed E-state index contributed by atoms with van der Waals surface area (Å²) in [6.45, 7) is 14.5. The Bertz CT molecular complexity index is 807. The second-order valence-electron chi connectivity index (χ2n) is 11.8. The van der Waals surface area contributed by atoms with Crippen molar-refractivity contribution < 1.29 is 17.9 Å². The van der Waals surface area contributed by atoms with Crippen molar-refractivity contribution in [3.63, 3.8) is 0 Å². The highest BCUT2D eigenvalue weighted by molar-refractivity contribution is 5.85. The Morgan fingerprint density at radius 1 is 0.861 bits per heavy atom. The first-order valence-corrected chi connectivity index (χ1v) is 13.6. The molecule has 4 nitrogen and oxygen atoms in total.